The normalized spacial score (nSPS) is 20.4. The Morgan fingerprint density at radius 1 is 1.03 bits per heavy atom. The highest BCUT2D eigenvalue weighted by molar-refractivity contribution is 5.97. The third kappa shape index (κ3) is 5.81. The molecule has 0 radical (unpaired) electrons. The van der Waals surface area contributed by atoms with Crippen LogP contribution in [0.1, 0.15) is 69.2 Å². The fourth-order valence-electron chi connectivity index (χ4n) is 4.17. The first-order chi connectivity index (χ1) is 13.9. The first-order valence-electron chi connectivity index (χ1n) is 10.9. The van der Waals surface area contributed by atoms with Crippen LogP contribution in [0, 0.1) is 11.8 Å². The third-order valence-corrected chi connectivity index (χ3v) is 5.93. The summed E-state index contributed by atoms with van der Waals surface area (Å²) in [7, 11) is 0. The summed E-state index contributed by atoms with van der Waals surface area (Å²) < 4.78 is 0. The Bertz CT molecular complexity index is 741. The van der Waals surface area contributed by atoms with Gasteiger partial charge in [0.25, 0.3) is 5.91 Å². The number of piperidine rings is 1. The van der Waals surface area contributed by atoms with Crippen LogP contribution in [0.15, 0.2) is 24.3 Å². The maximum atomic E-state index is 13.0. The lowest BCUT2D eigenvalue weighted by molar-refractivity contribution is -0.125. The molecule has 1 aromatic rings. The molecule has 1 saturated carbocycles. The van der Waals surface area contributed by atoms with Gasteiger partial charge >= 0.3 is 0 Å². The quantitative estimate of drug-likeness (QED) is 0.794. The topological polar surface area (TPSA) is 78.5 Å². The molecule has 1 aliphatic carbocycles. The van der Waals surface area contributed by atoms with E-state index in [-0.39, 0.29) is 35.6 Å². The average Bonchev–Trinajstić information content (AvgIpc) is 2.74. The van der Waals surface area contributed by atoms with E-state index < -0.39 is 0 Å². The van der Waals surface area contributed by atoms with E-state index in [2.05, 4.69) is 10.6 Å². The zero-order valence-corrected chi connectivity index (χ0v) is 17.6. The number of hydrogen-bond donors (Lipinski definition) is 2. The molecule has 0 spiro atoms. The summed E-state index contributed by atoms with van der Waals surface area (Å²) in [6.45, 7) is 4.95. The van der Waals surface area contributed by atoms with Gasteiger partial charge in [0, 0.05) is 42.2 Å². The zero-order valence-electron chi connectivity index (χ0n) is 17.6. The van der Waals surface area contributed by atoms with Gasteiger partial charge < -0.3 is 15.5 Å². The minimum atomic E-state index is -0.0643. The largest absolute Gasteiger partial charge is 0.351 e. The highest BCUT2D eigenvalue weighted by Crippen LogP contribution is 2.25. The Morgan fingerprint density at radius 3 is 2.52 bits per heavy atom. The monoisotopic (exact) mass is 399 g/mol. The molecule has 3 rings (SSSR count). The van der Waals surface area contributed by atoms with Crippen molar-refractivity contribution in [1.82, 2.24) is 10.2 Å². The Kier molecular flexibility index (Phi) is 7.29. The van der Waals surface area contributed by atoms with Crippen molar-refractivity contribution in [2.24, 2.45) is 11.8 Å². The second-order valence-electron chi connectivity index (χ2n) is 8.66. The minimum absolute atomic E-state index is 0.00298. The number of nitrogens with zero attached hydrogens (tertiary/aromatic N) is 1. The number of likely N-dealkylation sites (tertiary alicyclic amines) is 1. The fraction of sp³-hybridized carbons (Fsp3) is 0.609. The molecule has 1 aliphatic heterocycles. The Labute approximate surface area is 173 Å². The zero-order chi connectivity index (χ0) is 20.8. The molecule has 1 heterocycles. The number of anilines is 1. The molecule has 1 saturated heterocycles. The summed E-state index contributed by atoms with van der Waals surface area (Å²) in [6, 6.07) is 7.19. The van der Waals surface area contributed by atoms with Crippen LogP contribution in [-0.4, -0.2) is 41.8 Å². The van der Waals surface area contributed by atoms with Gasteiger partial charge in [-0.15, -0.1) is 0 Å². The van der Waals surface area contributed by atoms with Gasteiger partial charge in [0.1, 0.15) is 0 Å². The Balaban J connectivity index is 1.61. The predicted octanol–water partition coefficient (Wildman–Crippen LogP) is 3.58. The summed E-state index contributed by atoms with van der Waals surface area (Å²) in [5, 5.41) is 6.03. The maximum absolute atomic E-state index is 13.0. The third-order valence-electron chi connectivity index (χ3n) is 5.93. The van der Waals surface area contributed by atoms with E-state index >= 15 is 0 Å². The predicted molar refractivity (Wildman–Crippen MR) is 114 cm³/mol. The molecule has 6 heteroatoms. The van der Waals surface area contributed by atoms with E-state index in [0.29, 0.717) is 24.3 Å². The number of rotatable bonds is 5. The minimum Gasteiger partial charge on any atom is -0.351 e. The second-order valence-corrected chi connectivity index (χ2v) is 8.66. The van der Waals surface area contributed by atoms with E-state index in [0.717, 1.165) is 38.5 Å². The lowest BCUT2D eigenvalue weighted by Crippen LogP contribution is -2.50. The van der Waals surface area contributed by atoms with E-state index in [1.165, 1.54) is 6.42 Å². The molecule has 1 aromatic carbocycles. The van der Waals surface area contributed by atoms with Gasteiger partial charge in [-0.2, -0.15) is 0 Å². The highest BCUT2D eigenvalue weighted by Gasteiger charge is 2.26. The number of benzene rings is 1. The first-order valence-corrected chi connectivity index (χ1v) is 10.9. The standard InChI is InChI=1S/C23H33N3O3/c1-16(2)21(27)25-20-12-7-13-26(15-20)23(29)18-10-6-11-19(14-18)24-22(28)17-8-4-3-5-9-17/h6,10-11,14,16-17,20H,3-5,7-9,12-13,15H2,1-2H3,(H,24,28)(H,25,27). The van der Waals surface area contributed by atoms with Crippen LogP contribution in [0.3, 0.4) is 0 Å². The van der Waals surface area contributed by atoms with Crippen molar-refractivity contribution >= 4 is 23.4 Å². The number of carbonyl (C=O) groups excluding carboxylic acids is 3. The van der Waals surface area contributed by atoms with Crippen LogP contribution >= 0.6 is 0 Å². The van der Waals surface area contributed by atoms with E-state index in [1.54, 1.807) is 17.0 Å². The van der Waals surface area contributed by atoms with Gasteiger partial charge in [0.05, 0.1) is 0 Å². The van der Waals surface area contributed by atoms with Gasteiger partial charge in [0.15, 0.2) is 0 Å². The smallest absolute Gasteiger partial charge is 0.253 e. The average molecular weight is 400 g/mol. The van der Waals surface area contributed by atoms with Gasteiger partial charge in [-0.25, -0.2) is 0 Å². The maximum Gasteiger partial charge on any atom is 0.253 e. The van der Waals surface area contributed by atoms with E-state index in [1.807, 2.05) is 26.0 Å². The molecular weight excluding hydrogens is 366 g/mol. The lowest BCUT2D eigenvalue weighted by atomic mass is 9.88. The molecule has 158 valence electrons. The molecule has 29 heavy (non-hydrogen) atoms. The molecule has 1 unspecified atom stereocenters. The number of nitrogens with one attached hydrogen (secondary N) is 2. The van der Waals surface area contributed by atoms with E-state index in [4.69, 9.17) is 0 Å². The summed E-state index contributed by atoms with van der Waals surface area (Å²) in [5.74, 6) is 0.0452. The summed E-state index contributed by atoms with van der Waals surface area (Å²) >= 11 is 0. The molecule has 2 aliphatic rings. The molecule has 6 nitrogen and oxygen atoms in total. The van der Waals surface area contributed by atoms with Crippen LogP contribution in [0.2, 0.25) is 0 Å². The van der Waals surface area contributed by atoms with Crippen LogP contribution in [-0.2, 0) is 9.59 Å². The van der Waals surface area contributed by atoms with Crippen molar-refractivity contribution in [1.29, 1.82) is 0 Å². The molecule has 3 amide bonds. The molecule has 2 fully saturated rings. The van der Waals surface area contributed by atoms with Crippen molar-refractivity contribution in [2.45, 2.75) is 64.8 Å². The van der Waals surface area contributed by atoms with Crippen molar-refractivity contribution in [3.63, 3.8) is 0 Å². The number of amides is 3. The molecule has 1 atom stereocenters. The van der Waals surface area contributed by atoms with E-state index in [9.17, 15) is 14.4 Å². The Hall–Kier alpha value is -2.37. The van der Waals surface area contributed by atoms with Crippen LogP contribution < -0.4 is 10.6 Å². The van der Waals surface area contributed by atoms with Crippen molar-refractivity contribution < 1.29 is 14.4 Å². The highest BCUT2D eigenvalue weighted by atomic mass is 16.2. The van der Waals surface area contributed by atoms with Crippen molar-refractivity contribution in [2.75, 3.05) is 18.4 Å². The van der Waals surface area contributed by atoms with Crippen molar-refractivity contribution in [3.05, 3.63) is 29.8 Å². The van der Waals surface area contributed by atoms with Crippen molar-refractivity contribution in [3.8, 4) is 0 Å². The Morgan fingerprint density at radius 2 is 1.79 bits per heavy atom. The summed E-state index contributed by atoms with van der Waals surface area (Å²) in [6.07, 6.45) is 7.08. The van der Waals surface area contributed by atoms with Gasteiger partial charge in [-0.1, -0.05) is 39.2 Å². The number of hydrogen-bond acceptors (Lipinski definition) is 3. The van der Waals surface area contributed by atoms with Crippen LogP contribution in [0.5, 0.6) is 0 Å². The van der Waals surface area contributed by atoms with Gasteiger partial charge in [-0.3, -0.25) is 14.4 Å². The SMILES string of the molecule is CC(C)C(=O)NC1CCCN(C(=O)c2cccc(NC(=O)C3CCCCC3)c2)C1. The lowest BCUT2D eigenvalue weighted by Gasteiger charge is -2.33. The van der Waals surface area contributed by atoms with Crippen LogP contribution in [0.25, 0.3) is 0 Å². The molecule has 2 N–H and O–H groups in total. The molecule has 0 aromatic heterocycles. The summed E-state index contributed by atoms with van der Waals surface area (Å²) in [4.78, 5) is 39.3. The van der Waals surface area contributed by atoms with Crippen LogP contribution in [0.4, 0.5) is 5.69 Å². The first kappa shape index (κ1) is 21.3. The summed E-state index contributed by atoms with van der Waals surface area (Å²) in [5.41, 5.74) is 1.25. The molecular formula is C23H33N3O3. The number of carbonyl (C=O) groups is 3. The van der Waals surface area contributed by atoms with Gasteiger partial charge in [-0.05, 0) is 43.9 Å². The van der Waals surface area contributed by atoms with Gasteiger partial charge in [0.2, 0.25) is 11.8 Å². The fourth-order valence-corrected chi connectivity index (χ4v) is 4.17. The molecule has 0 bridgehead atoms. The second kappa shape index (κ2) is 9.90.